The van der Waals surface area contributed by atoms with Crippen molar-refractivity contribution in [1.29, 1.82) is 0 Å². The summed E-state index contributed by atoms with van der Waals surface area (Å²) in [6, 6.07) is 0. The standard InChI is InChI=1S/C10H15Cl2N5/c1-13-10-14-8(12)7(11)9(15-10)17-5-3-16(2)4-6-17/h3-6H2,1-2H3,(H,13,14,15). The van der Waals surface area contributed by atoms with E-state index in [1.165, 1.54) is 0 Å². The number of likely N-dealkylation sites (N-methyl/N-ethyl adjacent to an activating group) is 1. The Bertz CT molecular complexity index is 404. The van der Waals surface area contributed by atoms with Gasteiger partial charge in [-0.3, -0.25) is 0 Å². The molecule has 7 heteroatoms. The van der Waals surface area contributed by atoms with E-state index in [1.807, 2.05) is 0 Å². The summed E-state index contributed by atoms with van der Waals surface area (Å²) in [7, 11) is 3.86. The van der Waals surface area contributed by atoms with Crippen LogP contribution in [0.3, 0.4) is 0 Å². The van der Waals surface area contributed by atoms with Gasteiger partial charge in [0.2, 0.25) is 5.95 Å². The number of hydrogen-bond donors (Lipinski definition) is 1. The maximum absolute atomic E-state index is 6.15. The molecule has 0 aliphatic carbocycles. The largest absolute Gasteiger partial charge is 0.357 e. The van der Waals surface area contributed by atoms with Gasteiger partial charge in [-0.05, 0) is 7.05 Å². The van der Waals surface area contributed by atoms with Gasteiger partial charge in [0.15, 0.2) is 11.0 Å². The molecule has 94 valence electrons. The van der Waals surface area contributed by atoms with Gasteiger partial charge < -0.3 is 15.1 Å². The molecule has 0 amide bonds. The molecule has 2 rings (SSSR count). The van der Waals surface area contributed by atoms with Crippen LogP contribution in [0, 0.1) is 0 Å². The molecule has 0 saturated carbocycles. The molecule has 1 aromatic rings. The first-order chi connectivity index (χ1) is 8.11. The Morgan fingerprint density at radius 3 is 2.35 bits per heavy atom. The number of nitrogens with zero attached hydrogens (tertiary/aromatic N) is 4. The number of anilines is 2. The zero-order chi connectivity index (χ0) is 12.4. The molecule has 0 spiro atoms. The van der Waals surface area contributed by atoms with E-state index in [1.54, 1.807) is 7.05 Å². The summed E-state index contributed by atoms with van der Waals surface area (Å²) in [6.07, 6.45) is 0. The van der Waals surface area contributed by atoms with Gasteiger partial charge in [0.25, 0.3) is 0 Å². The highest BCUT2D eigenvalue weighted by Crippen LogP contribution is 2.31. The van der Waals surface area contributed by atoms with Crippen molar-refractivity contribution < 1.29 is 0 Å². The van der Waals surface area contributed by atoms with Crippen LogP contribution in [0.25, 0.3) is 0 Å². The van der Waals surface area contributed by atoms with E-state index in [-0.39, 0.29) is 0 Å². The van der Waals surface area contributed by atoms with Crippen LogP contribution in [0.4, 0.5) is 11.8 Å². The summed E-state index contributed by atoms with van der Waals surface area (Å²) in [5, 5.41) is 3.60. The third-order valence-corrected chi connectivity index (χ3v) is 3.54. The van der Waals surface area contributed by atoms with Gasteiger partial charge in [-0.15, -0.1) is 0 Å². The fraction of sp³-hybridized carbons (Fsp3) is 0.600. The fourth-order valence-electron chi connectivity index (χ4n) is 1.75. The lowest BCUT2D eigenvalue weighted by atomic mass is 10.3. The Morgan fingerprint density at radius 2 is 1.76 bits per heavy atom. The highest BCUT2D eigenvalue weighted by Gasteiger charge is 2.20. The molecule has 0 unspecified atom stereocenters. The van der Waals surface area contributed by atoms with Crippen molar-refractivity contribution >= 4 is 35.0 Å². The molecule has 5 nitrogen and oxygen atoms in total. The van der Waals surface area contributed by atoms with Crippen molar-refractivity contribution in [2.75, 3.05) is 50.5 Å². The summed E-state index contributed by atoms with van der Waals surface area (Å²) < 4.78 is 0. The summed E-state index contributed by atoms with van der Waals surface area (Å²) >= 11 is 12.1. The van der Waals surface area contributed by atoms with Gasteiger partial charge in [-0.25, -0.2) is 0 Å². The molecule has 2 heterocycles. The minimum absolute atomic E-state index is 0.292. The lowest BCUT2D eigenvalue weighted by Crippen LogP contribution is -2.45. The Kier molecular flexibility index (Phi) is 3.91. The molecular weight excluding hydrogens is 261 g/mol. The van der Waals surface area contributed by atoms with Crippen molar-refractivity contribution in [2.45, 2.75) is 0 Å². The Labute approximate surface area is 111 Å². The van der Waals surface area contributed by atoms with Crippen molar-refractivity contribution in [3.05, 3.63) is 10.2 Å². The van der Waals surface area contributed by atoms with Crippen LogP contribution in [0.2, 0.25) is 10.2 Å². The molecule has 1 saturated heterocycles. The van der Waals surface area contributed by atoms with Crippen LogP contribution in [-0.2, 0) is 0 Å². The molecule has 0 radical (unpaired) electrons. The van der Waals surface area contributed by atoms with E-state index < -0.39 is 0 Å². The smallest absolute Gasteiger partial charge is 0.225 e. The van der Waals surface area contributed by atoms with Crippen LogP contribution < -0.4 is 10.2 Å². The van der Waals surface area contributed by atoms with Gasteiger partial charge in [-0.2, -0.15) is 9.97 Å². The molecule has 0 bridgehead atoms. The second-order valence-electron chi connectivity index (χ2n) is 4.02. The third-order valence-electron chi connectivity index (χ3n) is 2.82. The maximum atomic E-state index is 6.15. The van der Waals surface area contributed by atoms with Gasteiger partial charge >= 0.3 is 0 Å². The first-order valence-electron chi connectivity index (χ1n) is 5.46. The first kappa shape index (κ1) is 12.7. The lowest BCUT2D eigenvalue weighted by Gasteiger charge is -2.33. The summed E-state index contributed by atoms with van der Waals surface area (Å²) in [4.78, 5) is 12.8. The van der Waals surface area contributed by atoms with Crippen LogP contribution in [0.15, 0.2) is 0 Å². The van der Waals surface area contributed by atoms with E-state index in [4.69, 9.17) is 23.2 Å². The SMILES string of the molecule is CNc1nc(Cl)c(Cl)c(N2CCN(C)CC2)n1. The quantitative estimate of drug-likeness (QED) is 0.831. The van der Waals surface area contributed by atoms with E-state index in [9.17, 15) is 0 Å². The van der Waals surface area contributed by atoms with Crippen LogP contribution in [-0.4, -0.2) is 55.1 Å². The van der Waals surface area contributed by atoms with Gasteiger partial charge in [0.05, 0.1) is 0 Å². The van der Waals surface area contributed by atoms with Crippen molar-refractivity contribution in [1.82, 2.24) is 14.9 Å². The van der Waals surface area contributed by atoms with Crippen molar-refractivity contribution in [3.63, 3.8) is 0 Å². The Balaban J connectivity index is 2.27. The number of halogens is 2. The molecule has 0 atom stereocenters. The fourth-order valence-corrected chi connectivity index (χ4v) is 2.12. The first-order valence-corrected chi connectivity index (χ1v) is 6.21. The highest BCUT2D eigenvalue weighted by molar-refractivity contribution is 6.42. The zero-order valence-corrected chi connectivity index (χ0v) is 11.4. The van der Waals surface area contributed by atoms with Gasteiger partial charge in [-0.1, -0.05) is 23.2 Å². The third kappa shape index (κ3) is 2.73. The molecule has 1 aliphatic heterocycles. The molecule has 1 N–H and O–H groups in total. The number of rotatable bonds is 2. The van der Waals surface area contributed by atoms with E-state index in [0.29, 0.717) is 21.9 Å². The topological polar surface area (TPSA) is 44.3 Å². The molecule has 17 heavy (non-hydrogen) atoms. The number of nitrogens with one attached hydrogen (secondary N) is 1. The number of hydrogen-bond acceptors (Lipinski definition) is 5. The van der Waals surface area contributed by atoms with Gasteiger partial charge in [0.1, 0.15) is 5.02 Å². The summed E-state index contributed by atoms with van der Waals surface area (Å²) in [5.41, 5.74) is 0. The normalized spacial score (nSPS) is 17.3. The molecule has 1 aromatic heterocycles. The van der Waals surface area contributed by atoms with Crippen LogP contribution >= 0.6 is 23.2 Å². The van der Waals surface area contributed by atoms with E-state index in [0.717, 1.165) is 26.2 Å². The Hall–Kier alpha value is -0.780. The molecular formula is C10H15Cl2N5. The average molecular weight is 276 g/mol. The highest BCUT2D eigenvalue weighted by atomic mass is 35.5. The summed E-state index contributed by atoms with van der Waals surface area (Å²) in [5.74, 6) is 1.21. The van der Waals surface area contributed by atoms with Crippen molar-refractivity contribution in [3.8, 4) is 0 Å². The minimum atomic E-state index is 0.292. The minimum Gasteiger partial charge on any atom is -0.357 e. The lowest BCUT2D eigenvalue weighted by molar-refractivity contribution is 0.312. The second kappa shape index (κ2) is 5.25. The summed E-state index contributed by atoms with van der Waals surface area (Å²) in [6.45, 7) is 3.78. The zero-order valence-electron chi connectivity index (χ0n) is 9.87. The van der Waals surface area contributed by atoms with Crippen LogP contribution in [0.5, 0.6) is 0 Å². The van der Waals surface area contributed by atoms with Crippen molar-refractivity contribution in [2.24, 2.45) is 0 Å². The molecule has 0 aromatic carbocycles. The van der Waals surface area contributed by atoms with Gasteiger partial charge in [0, 0.05) is 33.2 Å². The molecule has 1 aliphatic rings. The Morgan fingerprint density at radius 1 is 1.12 bits per heavy atom. The van der Waals surface area contributed by atoms with E-state index in [2.05, 4.69) is 32.1 Å². The second-order valence-corrected chi connectivity index (χ2v) is 4.75. The number of piperazine rings is 1. The average Bonchev–Trinajstić information content (AvgIpc) is 2.34. The predicted molar refractivity (Wildman–Crippen MR) is 71.3 cm³/mol. The monoisotopic (exact) mass is 275 g/mol. The predicted octanol–water partition coefficient (Wildman–Crippen LogP) is 1.58. The maximum Gasteiger partial charge on any atom is 0.225 e. The van der Waals surface area contributed by atoms with E-state index >= 15 is 0 Å². The molecule has 1 fully saturated rings. The number of aromatic nitrogens is 2. The van der Waals surface area contributed by atoms with Crippen LogP contribution in [0.1, 0.15) is 0 Å².